The Morgan fingerprint density at radius 2 is 2.19 bits per heavy atom. The van der Waals surface area contributed by atoms with Crippen molar-refractivity contribution in [2.45, 2.75) is 30.5 Å². The van der Waals surface area contributed by atoms with Crippen molar-refractivity contribution in [3.05, 3.63) is 12.0 Å². The van der Waals surface area contributed by atoms with E-state index in [1.165, 1.54) is 6.20 Å². The van der Waals surface area contributed by atoms with Gasteiger partial charge in [-0.15, -0.1) is 0 Å². The van der Waals surface area contributed by atoms with Gasteiger partial charge in [0.25, 0.3) is 10.0 Å². The maximum atomic E-state index is 11.8. The van der Waals surface area contributed by atoms with Crippen molar-refractivity contribution in [1.82, 2.24) is 14.7 Å². The Labute approximate surface area is 100 Å². The lowest BCUT2D eigenvalue weighted by molar-refractivity contribution is 0.567. The first-order chi connectivity index (χ1) is 7.27. The molecule has 0 aliphatic carbocycles. The van der Waals surface area contributed by atoms with Crippen molar-refractivity contribution in [2.24, 2.45) is 0 Å². The van der Waals surface area contributed by atoms with Crippen LogP contribution in [0.5, 0.6) is 0 Å². The SMILES string of the molecule is CSC(C)(C)CNS(=O)(=O)c1cnc(C)[nH]1. The summed E-state index contributed by atoms with van der Waals surface area (Å²) in [5, 5.41) is 0.113. The number of aromatic amines is 1. The molecule has 0 saturated heterocycles. The van der Waals surface area contributed by atoms with Gasteiger partial charge in [0.05, 0.1) is 6.20 Å². The van der Waals surface area contributed by atoms with E-state index in [-0.39, 0.29) is 9.77 Å². The summed E-state index contributed by atoms with van der Waals surface area (Å²) in [6.07, 6.45) is 3.28. The van der Waals surface area contributed by atoms with E-state index in [9.17, 15) is 8.42 Å². The number of thioether (sulfide) groups is 1. The molecule has 0 aromatic carbocycles. The molecule has 7 heteroatoms. The highest BCUT2D eigenvalue weighted by Crippen LogP contribution is 2.20. The summed E-state index contributed by atoms with van der Waals surface area (Å²) in [6.45, 7) is 6.07. The van der Waals surface area contributed by atoms with Gasteiger partial charge in [-0.3, -0.25) is 0 Å². The Morgan fingerprint density at radius 3 is 2.62 bits per heavy atom. The summed E-state index contributed by atoms with van der Waals surface area (Å²) in [7, 11) is -3.46. The maximum Gasteiger partial charge on any atom is 0.257 e. The zero-order chi connectivity index (χ0) is 12.4. The summed E-state index contributed by atoms with van der Waals surface area (Å²) in [5.41, 5.74) is 0. The van der Waals surface area contributed by atoms with Gasteiger partial charge < -0.3 is 4.98 Å². The van der Waals surface area contributed by atoms with Crippen LogP contribution in [0.15, 0.2) is 11.2 Å². The summed E-state index contributed by atoms with van der Waals surface area (Å²) in [5.74, 6) is 0.588. The molecule has 0 saturated carbocycles. The molecule has 1 aromatic heterocycles. The van der Waals surface area contributed by atoms with Crippen LogP contribution in [-0.4, -0.2) is 35.9 Å². The van der Waals surface area contributed by atoms with E-state index in [2.05, 4.69) is 14.7 Å². The number of rotatable bonds is 5. The third-order valence-corrected chi connectivity index (χ3v) is 4.77. The number of nitrogens with one attached hydrogen (secondary N) is 2. The lowest BCUT2D eigenvalue weighted by atomic mass is 10.2. The van der Waals surface area contributed by atoms with Gasteiger partial charge in [-0.05, 0) is 27.0 Å². The molecule has 0 bridgehead atoms. The summed E-state index contributed by atoms with van der Waals surface area (Å²) in [6, 6.07) is 0. The van der Waals surface area contributed by atoms with E-state index >= 15 is 0 Å². The molecule has 1 heterocycles. The number of hydrogen-bond donors (Lipinski definition) is 2. The van der Waals surface area contributed by atoms with E-state index in [0.29, 0.717) is 12.4 Å². The first-order valence-corrected chi connectivity index (χ1v) is 7.54. The van der Waals surface area contributed by atoms with Crippen LogP contribution in [-0.2, 0) is 10.0 Å². The Bertz CT molecular complexity index is 451. The van der Waals surface area contributed by atoms with Gasteiger partial charge in [0, 0.05) is 11.3 Å². The van der Waals surface area contributed by atoms with Gasteiger partial charge in [-0.1, -0.05) is 0 Å². The molecule has 0 aliphatic rings. The van der Waals surface area contributed by atoms with Crippen LogP contribution in [0.3, 0.4) is 0 Å². The average molecular weight is 263 g/mol. The molecule has 1 aromatic rings. The summed E-state index contributed by atoms with van der Waals surface area (Å²) in [4.78, 5) is 6.57. The molecule has 2 N–H and O–H groups in total. The predicted molar refractivity (Wildman–Crippen MR) is 66.1 cm³/mol. The van der Waals surface area contributed by atoms with Crippen LogP contribution in [0.4, 0.5) is 0 Å². The first kappa shape index (κ1) is 13.5. The number of nitrogens with zero attached hydrogens (tertiary/aromatic N) is 1. The largest absolute Gasteiger partial charge is 0.332 e. The van der Waals surface area contributed by atoms with Crippen LogP contribution in [0.1, 0.15) is 19.7 Å². The van der Waals surface area contributed by atoms with Gasteiger partial charge in [-0.25, -0.2) is 18.1 Å². The summed E-state index contributed by atoms with van der Waals surface area (Å²) >= 11 is 1.62. The molecule has 16 heavy (non-hydrogen) atoms. The molecule has 92 valence electrons. The Kier molecular flexibility index (Phi) is 4.03. The molecular formula is C9H17N3O2S2. The smallest absolute Gasteiger partial charge is 0.257 e. The zero-order valence-electron chi connectivity index (χ0n) is 9.86. The highest BCUT2D eigenvalue weighted by atomic mass is 32.2. The maximum absolute atomic E-state index is 11.8. The zero-order valence-corrected chi connectivity index (χ0v) is 11.5. The second kappa shape index (κ2) is 4.77. The number of aromatic nitrogens is 2. The Hall–Kier alpha value is -0.530. The van der Waals surface area contributed by atoms with Crippen LogP contribution >= 0.6 is 11.8 Å². The average Bonchev–Trinajstić information content (AvgIpc) is 2.63. The van der Waals surface area contributed by atoms with Crippen LogP contribution in [0.2, 0.25) is 0 Å². The van der Waals surface area contributed by atoms with Crippen LogP contribution < -0.4 is 4.72 Å². The topological polar surface area (TPSA) is 74.8 Å². The van der Waals surface area contributed by atoms with Gasteiger partial charge in [0.2, 0.25) is 0 Å². The van der Waals surface area contributed by atoms with Crippen molar-refractivity contribution in [3.8, 4) is 0 Å². The lowest BCUT2D eigenvalue weighted by Crippen LogP contribution is -2.36. The molecule has 0 unspecified atom stereocenters. The monoisotopic (exact) mass is 263 g/mol. The molecule has 1 rings (SSSR count). The third-order valence-electron chi connectivity index (χ3n) is 2.21. The van der Waals surface area contributed by atoms with Crippen LogP contribution in [0.25, 0.3) is 0 Å². The van der Waals surface area contributed by atoms with Crippen LogP contribution in [0, 0.1) is 6.92 Å². The molecular weight excluding hydrogens is 246 g/mol. The molecule has 0 radical (unpaired) electrons. The lowest BCUT2D eigenvalue weighted by Gasteiger charge is -2.21. The fraction of sp³-hybridized carbons (Fsp3) is 0.667. The van der Waals surface area contributed by atoms with Crippen molar-refractivity contribution in [3.63, 3.8) is 0 Å². The Balaban J connectivity index is 2.74. The Morgan fingerprint density at radius 1 is 1.56 bits per heavy atom. The van der Waals surface area contributed by atoms with Crippen molar-refractivity contribution in [2.75, 3.05) is 12.8 Å². The van der Waals surface area contributed by atoms with Gasteiger partial charge in [-0.2, -0.15) is 11.8 Å². The summed E-state index contributed by atoms with van der Waals surface area (Å²) < 4.78 is 26.1. The fourth-order valence-electron chi connectivity index (χ4n) is 0.954. The molecule has 0 fully saturated rings. The van der Waals surface area contributed by atoms with Crippen molar-refractivity contribution >= 4 is 21.8 Å². The number of H-pyrrole nitrogens is 1. The number of sulfonamides is 1. The van der Waals surface area contributed by atoms with E-state index in [1.807, 2.05) is 20.1 Å². The van der Waals surface area contributed by atoms with E-state index in [1.54, 1.807) is 18.7 Å². The third kappa shape index (κ3) is 3.50. The van der Waals surface area contributed by atoms with Gasteiger partial charge in [0.1, 0.15) is 5.82 Å². The van der Waals surface area contributed by atoms with Crippen molar-refractivity contribution in [1.29, 1.82) is 0 Å². The first-order valence-electron chi connectivity index (χ1n) is 4.83. The fourth-order valence-corrected chi connectivity index (χ4v) is 2.44. The minimum atomic E-state index is -3.46. The molecule has 0 atom stereocenters. The molecule has 0 amide bonds. The van der Waals surface area contributed by atoms with E-state index in [0.717, 1.165) is 0 Å². The second-order valence-corrected chi connectivity index (χ2v) is 7.37. The van der Waals surface area contributed by atoms with Gasteiger partial charge in [0.15, 0.2) is 5.03 Å². The number of aryl methyl sites for hydroxylation is 1. The predicted octanol–water partition coefficient (Wildman–Crippen LogP) is 1.14. The van der Waals surface area contributed by atoms with Gasteiger partial charge >= 0.3 is 0 Å². The number of hydrogen-bond acceptors (Lipinski definition) is 4. The molecule has 0 spiro atoms. The standard InChI is InChI=1S/C9H17N3O2S2/c1-7-10-5-8(12-7)16(13,14)11-6-9(2,3)15-4/h5,11H,6H2,1-4H3,(H,10,12). The quantitative estimate of drug-likeness (QED) is 0.835. The minimum absolute atomic E-state index is 0.113. The molecule has 5 nitrogen and oxygen atoms in total. The number of imidazole rings is 1. The highest BCUT2D eigenvalue weighted by Gasteiger charge is 2.22. The minimum Gasteiger partial charge on any atom is -0.332 e. The normalized spacial score (nSPS) is 13.0. The highest BCUT2D eigenvalue weighted by molar-refractivity contribution is 8.00. The second-order valence-electron chi connectivity index (χ2n) is 4.12. The molecule has 0 aliphatic heterocycles. The van der Waals surface area contributed by atoms with Crippen molar-refractivity contribution < 1.29 is 8.42 Å². The van der Waals surface area contributed by atoms with E-state index in [4.69, 9.17) is 0 Å². The van der Waals surface area contributed by atoms with E-state index < -0.39 is 10.0 Å².